The van der Waals surface area contributed by atoms with Crippen molar-refractivity contribution in [3.05, 3.63) is 75.6 Å². The van der Waals surface area contributed by atoms with Crippen LogP contribution in [0.15, 0.2) is 58.9 Å². The summed E-state index contributed by atoms with van der Waals surface area (Å²) >= 11 is 0. The first-order valence-corrected chi connectivity index (χ1v) is 15.9. The van der Waals surface area contributed by atoms with Crippen LogP contribution in [-0.2, 0) is 20.8 Å². The van der Waals surface area contributed by atoms with Crippen molar-refractivity contribution in [2.45, 2.75) is 50.2 Å². The number of Topliss-reactive ketones (excluding diaryl/α,β-unsaturated/α-hetero) is 2. The Hall–Kier alpha value is -4.69. The van der Waals surface area contributed by atoms with E-state index in [2.05, 4.69) is 23.7 Å². The molecule has 0 bridgehead atoms. The average Bonchev–Trinajstić information content (AvgIpc) is 3.02. The van der Waals surface area contributed by atoms with Gasteiger partial charge in [0.05, 0.1) is 17.2 Å². The lowest BCUT2D eigenvalue weighted by Gasteiger charge is -2.50. The van der Waals surface area contributed by atoms with Crippen molar-refractivity contribution in [1.82, 2.24) is 4.90 Å². The summed E-state index contributed by atoms with van der Waals surface area (Å²) in [6.07, 6.45) is 6.24. The zero-order chi connectivity index (χ0) is 33.9. The Balaban J connectivity index is 1.58. The number of anilines is 1. The topological polar surface area (TPSA) is 166 Å². The number of fused-ring (bicyclic) bond motifs is 3. The highest BCUT2D eigenvalue weighted by molar-refractivity contribution is 6.22. The van der Waals surface area contributed by atoms with Crippen LogP contribution in [0.2, 0.25) is 0 Å². The van der Waals surface area contributed by atoms with E-state index in [9.17, 15) is 34.8 Å². The molecule has 7 N–H and O–H groups in total. The molecule has 4 aliphatic rings. The number of nitrogens with zero attached hydrogens (tertiary/aromatic N) is 2. The second-order valence-electron chi connectivity index (χ2n) is 13.4. The maximum atomic E-state index is 14.3. The molecule has 10 nitrogen and oxygen atoms in total. The molecule has 1 fully saturated rings. The summed E-state index contributed by atoms with van der Waals surface area (Å²) in [4.78, 5) is 43.7. The Morgan fingerprint density at radius 1 is 1.02 bits per heavy atom. The summed E-state index contributed by atoms with van der Waals surface area (Å²) in [6.45, 7) is 0. The van der Waals surface area contributed by atoms with Crippen LogP contribution in [0.25, 0.3) is 16.9 Å². The number of aromatic hydroxyl groups is 1. The molecule has 1 amide bonds. The fourth-order valence-electron chi connectivity index (χ4n) is 7.73. The van der Waals surface area contributed by atoms with Crippen LogP contribution >= 0.6 is 0 Å². The molecule has 0 radical (unpaired) electrons. The van der Waals surface area contributed by atoms with Crippen LogP contribution in [0.3, 0.4) is 0 Å². The Morgan fingerprint density at radius 3 is 2.32 bits per heavy atom. The van der Waals surface area contributed by atoms with Gasteiger partial charge in [-0.2, -0.15) is 0 Å². The second kappa shape index (κ2) is 11.8. The molecule has 10 heteroatoms. The van der Waals surface area contributed by atoms with Crippen LogP contribution in [0.4, 0.5) is 5.69 Å². The van der Waals surface area contributed by atoms with Gasteiger partial charge < -0.3 is 25.3 Å². The smallest absolute Gasteiger partial charge is 0.348 e. The van der Waals surface area contributed by atoms with Gasteiger partial charge >= 0.3 is 5.91 Å². The molecule has 4 aliphatic carbocycles. The highest BCUT2D eigenvalue weighted by Gasteiger charge is 2.64. The number of aliphatic hydroxyl groups excluding tert-OH is 2. The lowest BCUT2D eigenvalue weighted by Crippen LogP contribution is -2.68. The molecule has 1 saturated carbocycles. The number of aliphatic hydroxyl groups is 3. The second-order valence-corrected chi connectivity index (χ2v) is 13.4. The monoisotopic (exact) mass is 638 g/mol. The van der Waals surface area contributed by atoms with E-state index in [1.165, 1.54) is 4.90 Å². The number of carbonyl (C=O) groups is 3. The van der Waals surface area contributed by atoms with E-state index in [-0.39, 0.29) is 35.3 Å². The SMILES string of the molecule is CN(C)c1ccc(-c2cc(C#CC3=CCCCC3)c(O)c3c2CC2CC4C(N(C)C)C(=O)C(C([NH3+])=O)=C(O)C4(O)C(=O)C2=C3O)cc1. The zero-order valence-electron chi connectivity index (χ0n) is 27.1. The van der Waals surface area contributed by atoms with Crippen LogP contribution in [0.5, 0.6) is 5.75 Å². The van der Waals surface area contributed by atoms with E-state index in [4.69, 9.17) is 0 Å². The summed E-state index contributed by atoms with van der Waals surface area (Å²) in [6, 6.07) is 8.53. The Morgan fingerprint density at radius 2 is 1.72 bits per heavy atom. The number of phenolic OH excluding ortho intramolecular Hbond substituents is 1. The zero-order valence-corrected chi connectivity index (χ0v) is 27.1. The van der Waals surface area contributed by atoms with Gasteiger partial charge in [0.15, 0.2) is 22.7 Å². The van der Waals surface area contributed by atoms with Gasteiger partial charge in [0.2, 0.25) is 5.78 Å². The normalized spacial score (nSPS) is 25.4. The van der Waals surface area contributed by atoms with Crippen molar-refractivity contribution in [2.75, 3.05) is 33.1 Å². The number of rotatable bonds is 4. The molecule has 0 spiro atoms. The Kier molecular flexibility index (Phi) is 8.12. The largest absolute Gasteiger partial charge is 0.508 e. The van der Waals surface area contributed by atoms with Crippen LogP contribution in [0.1, 0.15) is 48.8 Å². The molecule has 2 aromatic rings. The van der Waals surface area contributed by atoms with E-state index < -0.39 is 58.0 Å². The predicted octanol–water partition coefficient (Wildman–Crippen LogP) is 2.83. The van der Waals surface area contributed by atoms with Gasteiger partial charge in [0.1, 0.15) is 11.5 Å². The third-order valence-electron chi connectivity index (χ3n) is 10.1. The lowest BCUT2D eigenvalue weighted by atomic mass is 9.57. The van der Waals surface area contributed by atoms with Gasteiger partial charge in [-0.05, 0) is 99.0 Å². The van der Waals surface area contributed by atoms with Crippen LogP contribution in [-0.4, -0.2) is 82.6 Å². The Labute approximate surface area is 273 Å². The maximum absolute atomic E-state index is 14.3. The van der Waals surface area contributed by atoms with Gasteiger partial charge in [0.25, 0.3) is 0 Å². The minimum atomic E-state index is -2.66. The van der Waals surface area contributed by atoms with Crippen molar-refractivity contribution >= 4 is 28.9 Å². The number of hydrogen-bond acceptors (Lipinski definition) is 9. The van der Waals surface area contributed by atoms with Gasteiger partial charge in [-0.1, -0.05) is 30.0 Å². The summed E-state index contributed by atoms with van der Waals surface area (Å²) in [7, 11) is 7.08. The molecule has 6 rings (SSSR count). The third kappa shape index (κ3) is 5.06. The average molecular weight is 639 g/mol. The standard InChI is InChI=1S/C37H39N3O7/c1-39(2)23-14-12-20(13-15-23)24-16-21(11-10-19-8-6-5-7-9-19)31(41)28-25(24)17-22-18-26-30(40(3)4)33(43)29(36(38)46)35(45)37(26,47)34(44)27(22)32(28)42/h8,12-16,22,26,30,41-42,45,47H,5-7,9,17-18H2,1-4H3,(H2,38,46)/p+1. The first kappa shape index (κ1) is 32.3. The minimum Gasteiger partial charge on any atom is -0.508 e. The number of quaternary nitrogens is 1. The summed E-state index contributed by atoms with van der Waals surface area (Å²) in [5, 5.41) is 46.7. The lowest BCUT2D eigenvalue weighted by molar-refractivity contribution is -0.299. The fourth-order valence-corrected chi connectivity index (χ4v) is 7.73. The molecule has 4 unspecified atom stereocenters. The highest BCUT2D eigenvalue weighted by atomic mass is 16.3. The summed E-state index contributed by atoms with van der Waals surface area (Å²) in [5.41, 5.74) is 4.12. The molecule has 0 aromatic heterocycles. The number of carbonyl (C=O) groups excluding carboxylic acids is 3. The molecule has 4 atom stereocenters. The molecular formula is C37H40N3O7+. The van der Waals surface area contributed by atoms with E-state index in [0.717, 1.165) is 48.1 Å². The molecule has 0 heterocycles. The first-order valence-electron chi connectivity index (χ1n) is 15.9. The number of benzene rings is 2. The van der Waals surface area contributed by atoms with Crippen molar-refractivity contribution in [2.24, 2.45) is 11.8 Å². The minimum absolute atomic E-state index is 0.0355. The number of hydrogen-bond donors (Lipinski definition) is 5. The van der Waals surface area contributed by atoms with E-state index in [1.807, 2.05) is 49.3 Å². The highest BCUT2D eigenvalue weighted by Crippen LogP contribution is 2.54. The number of amides is 1. The number of phenols is 1. The summed E-state index contributed by atoms with van der Waals surface area (Å²) < 4.78 is 0. The van der Waals surface area contributed by atoms with Gasteiger partial charge in [-0.25, -0.2) is 4.79 Å². The van der Waals surface area contributed by atoms with Crippen molar-refractivity contribution in [3.8, 4) is 28.7 Å². The van der Waals surface area contributed by atoms with E-state index in [1.54, 1.807) is 14.1 Å². The summed E-state index contributed by atoms with van der Waals surface area (Å²) in [5.74, 6) is -0.126. The van der Waals surface area contributed by atoms with Crippen molar-refractivity contribution in [3.63, 3.8) is 0 Å². The first-order chi connectivity index (χ1) is 22.3. The van der Waals surface area contributed by atoms with Crippen molar-refractivity contribution < 1.29 is 40.5 Å². The number of likely N-dealkylation sites (N-methyl/N-ethyl adjacent to an activating group) is 1. The van der Waals surface area contributed by atoms with Gasteiger partial charge in [0, 0.05) is 31.3 Å². The predicted molar refractivity (Wildman–Crippen MR) is 176 cm³/mol. The van der Waals surface area contributed by atoms with Gasteiger partial charge in [-0.15, -0.1) is 0 Å². The quantitative estimate of drug-likeness (QED) is 0.250. The molecule has 0 aliphatic heterocycles. The molecular weight excluding hydrogens is 598 g/mol. The molecule has 244 valence electrons. The van der Waals surface area contributed by atoms with Crippen LogP contribution in [0, 0.1) is 23.7 Å². The van der Waals surface area contributed by atoms with E-state index >= 15 is 0 Å². The fraction of sp³-hybridized carbons (Fsp3) is 0.378. The number of allylic oxidation sites excluding steroid dienone is 2. The molecule has 0 saturated heterocycles. The van der Waals surface area contributed by atoms with Crippen LogP contribution < -0.4 is 10.6 Å². The molecule has 2 aromatic carbocycles. The van der Waals surface area contributed by atoms with E-state index in [0.29, 0.717) is 5.56 Å². The van der Waals surface area contributed by atoms with Gasteiger partial charge in [-0.3, -0.25) is 20.2 Å². The number of ketones is 2. The Bertz CT molecular complexity index is 1870. The third-order valence-corrected chi connectivity index (χ3v) is 10.1. The maximum Gasteiger partial charge on any atom is 0.348 e. The molecule has 47 heavy (non-hydrogen) atoms. The van der Waals surface area contributed by atoms with Crippen molar-refractivity contribution in [1.29, 1.82) is 0 Å².